The monoisotopic (exact) mass is 474 g/mol. The Bertz CT molecular complexity index is 1290. The third kappa shape index (κ3) is 3.50. The normalized spacial score (nSPS) is 23.9. The standard InChI is InChI=1S/C23H25F3N6O2/c1-13-3-4-14(21(2,34)23(24,25)26)9-15(13)17-10-28-19-18(27)29-16(11-32(17)19)20(33)30-22-5-7-31(12-22)8-6-22/h3-4,9-11,34H,5-8,12H2,1-2H3,(H2,27,29)(H,30,33). The number of carbonyl (C=O) groups is 1. The van der Waals surface area contributed by atoms with Crippen molar-refractivity contribution in [2.24, 2.45) is 0 Å². The number of nitrogens with two attached hydrogens (primary N) is 1. The molecular formula is C23H25F3N6O2. The number of amides is 1. The Hall–Kier alpha value is -3.18. The average Bonchev–Trinajstić information content (AvgIpc) is 3.47. The van der Waals surface area contributed by atoms with Crippen LogP contribution in [0.15, 0.2) is 30.6 Å². The fourth-order valence-electron chi connectivity index (χ4n) is 4.88. The number of nitrogens with one attached hydrogen (secondary N) is 1. The van der Waals surface area contributed by atoms with Crippen molar-refractivity contribution in [3.05, 3.63) is 47.4 Å². The number of carbonyl (C=O) groups excluding carboxylic acids is 1. The highest BCUT2D eigenvalue weighted by Crippen LogP contribution is 2.40. The van der Waals surface area contributed by atoms with Crippen LogP contribution in [0.4, 0.5) is 19.0 Å². The second-order valence-corrected chi connectivity index (χ2v) is 9.46. The van der Waals surface area contributed by atoms with Gasteiger partial charge in [-0.1, -0.05) is 12.1 Å². The third-order valence-electron chi connectivity index (χ3n) is 7.10. The summed E-state index contributed by atoms with van der Waals surface area (Å²) in [6.07, 6.45) is -0.145. The van der Waals surface area contributed by atoms with Crippen LogP contribution in [0, 0.1) is 6.92 Å². The summed E-state index contributed by atoms with van der Waals surface area (Å²) in [6, 6.07) is 4.04. The lowest BCUT2D eigenvalue weighted by Crippen LogP contribution is -2.48. The number of nitrogens with zero attached hydrogens (tertiary/aromatic N) is 4. The molecule has 34 heavy (non-hydrogen) atoms. The first-order valence-electron chi connectivity index (χ1n) is 11.0. The van der Waals surface area contributed by atoms with E-state index in [1.165, 1.54) is 30.6 Å². The van der Waals surface area contributed by atoms with Crippen molar-refractivity contribution in [3.8, 4) is 11.3 Å². The number of hydrogen-bond acceptors (Lipinski definition) is 6. The summed E-state index contributed by atoms with van der Waals surface area (Å²) < 4.78 is 41.9. The molecule has 2 aliphatic rings. The van der Waals surface area contributed by atoms with Crippen LogP contribution >= 0.6 is 0 Å². The summed E-state index contributed by atoms with van der Waals surface area (Å²) in [6.45, 7) is 5.14. The maximum atomic E-state index is 13.4. The van der Waals surface area contributed by atoms with E-state index in [2.05, 4.69) is 20.2 Å². The lowest BCUT2D eigenvalue weighted by molar-refractivity contribution is -0.258. The van der Waals surface area contributed by atoms with Crippen molar-refractivity contribution in [3.63, 3.8) is 0 Å². The van der Waals surface area contributed by atoms with Crippen LogP contribution in [0.1, 0.15) is 41.4 Å². The number of alkyl halides is 3. The number of hydrogen-bond donors (Lipinski definition) is 3. The Morgan fingerprint density at radius 3 is 2.59 bits per heavy atom. The Kier molecular flexibility index (Phi) is 4.93. The molecule has 0 saturated carbocycles. The zero-order valence-corrected chi connectivity index (χ0v) is 18.8. The number of nitrogen functional groups attached to an aromatic ring is 1. The first kappa shape index (κ1) is 22.6. The van der Waals surface area contributed by atoms with Gasteiger partial charge in [0.2, 0.25) is 0 Å². The molecule has 4 heterocycles. The van der Waals surface area contributed by atoms with Crippen LogP contribution in [0.3, 0.4) is 0 Å². The number of benzene rings is 1. The number of fused-ring (bicyclic) bond motifs is 3. The molecule has 1 amide bonds. The number of rotatable bonds is 4. The fourth-order valence-corrected chi connectivity index (χ4v) is 4.88. The molecular weight excluding hydrogens is 449 g/mol. The quantitative estimate of drug-likeness (QED) is 0.537. The molecule has 2 aliphatic heterocycles. The molecule has 180 valence electrons. The van der Waals surface area contributed by atoms with Gasteiger partial charge in [-0.3, -0.25) is 9.20 Å². The molecule has 2 saturated heterocycles. The predicted octanol–water partition coefficient (Wildman–Crippen LogP) is 2.63. The van der Waals surface area contributed by atoms with Gasteiger partial charge in [-0.05, 0) is 43.9 Å². The first-order chi connectivity index (χ1) is 15.9. The van der Waals surface area contributed by atoms with Gasteiger partial charge in [0, 0.05) is 31.4 Å². The molecule has 2 bridgehead atoms. The number of imidazole rings is 1. The zero-order chi connectivity index (χ0) is 24.5. The van der Waals surface area contributed by atoms with Crippen molar-refractivity contribution < 1.29 is 23.1 Å². The number of piperidine rings is 1. The average molecular weight is 474 g/mol. The van der Waals surface area contributed by atoms with E-state index in [-0.39, 0.29) is 34.2 Å². The lowest BCUT2D eigenvalue weighted by atomic mass is 9.91. The van der Waals surface area contributed by atoms with Crippen molar-refractivity contribution in [1.82, 2.24) is 24.6 Å². The molecule has 0 spiro atoms. The molecule has 0 radical (unpaired) electrons. The van der Waals surface area contributed by atoms with Crippen LogP contribution in [-0.4, -0.2) is 61.6 Å². The lowest BCUT2D eigenvalue weighted by Gasteiger charge is -2.27. The van der Waals surface area contributed by atoms with Crippen molar-refractivity contribution in [1.29, 1.82) is 0 Å². The van der Waals surface area contributed by atoms with Crippen LogP contribution in [-0.2, 0) is 5.60 Å². The van der Waals surface area contributed by atoms with E-state index in [1.54, 1.807) is 11.3 Å². The number of anilines is 1. The van der Waals surface area contributed by atoms with E-state index in [1.807, 2.05) is 0 Å². The summed E-state index contributed by atoms with van der Waals surface area (Å²) >= 11 is 0. The maximum Gasteiger partial charge on any atom is 0.421 e. The second kappa shape index (κ2) is 7.41. The highest BCUT2D eigenvalue weighted by atomic mass is 19.4. The number of aliphatic hydroxyl groups is 1. The molecule has 2 aromatic heterocycles. The van der Waals surface area contributed by atoms with E-state index in [9.17, 15) is 23.1 Å². The number of aromatic nitrogens is 3. The molecule has 11 heteroatoms. The molecule has 2 fully saturated rings. The Morgan fingerprint density at radius 1 is 1.26 bits per heavy atom. The Labute approximate surface area is 193 Å². The predicted molar refractivity (Wildman–Crippen MR) is 119 cm³/mol. The zero-order valence-electron chi connectivity index (χ0n) is 18.8. The highest BCUT2D eigenvalue weighted by molar-refractivity contribution is 5.94. The summed E-state index contributed by atoms with van der Waals surface area (Å²) in [7, 11) is 0. The van der Waals surface area contributed by atoms with Gasteiger partial charge in [-0.2, -0.15) is 13.2 Å². The van der Waals surface area contributed by atoms with Crippen LogP contribution in [0.25, 0.3) is 16.9 Å². The van der Waals surface area contributed by atoms with Crippen LogP contribution in [0.5, 0.6) is 0 Å². The van der Waals surface area contributed by atoms with Crippen LogP contribution in [0.2, 0.25) is 0 Å². The van der Waals surface area contributed by atoms with Gasteiger partial charge in [0.25, 0.3) is 5.91 Å². The van der Waals surface area contributed by atoms with Crippen molar-refractivity contribution in [2.45, 2.75) is 44.0 Å². The Balaban J connectivity index is 1.56. The van der Waals surface area contributed by atoms with Crippen molar-refractivity contribution in [2.75, 3.05) is 25.4 Å². The van der Waals surface area contributed by atoms with E-state index >= 15 is 0 Å². The van der Waals surface area contributed by atoms with Gasteiger partial charge < -0.3 is 21.1 Å². The minimum absolute atomic E-state index is 0.0342. The molecule has 0 aliphatic carbocycles. The topological polar surface area (TPSA) is 109 Å². The van der Waals surface area contributed by atoms with Gasteiger partial charge in [-0.25, -0.2) is 9.97 Å². The summed E-state index contributed by atoms with van der Waals surface area (Å²) in [5.41, 5.74) is 4.39. The molecule has 3 aromatic rings. The minimum Gasteiger partial charge on any atom is -0.381 e. The second-order valence-electron chi connectivity index (χ2n) is 9.46. The third-order valence-corrected chi connectivity index (χ3v) is 7.10. The molecule has 8 nitrogen and oxygen atoms in total. The summed E-state index contributed by atoms with van der Waals surface area (Å²) in [4.78, 5) is 23.9. The van der Waals surface area contributed by atoms with E-state index < -0.39 is 11.8 Å². The van der Waals surface area contributed by atoms with Gasteiger partial charge in [0.05, 0.1) is 17.4 Å². The first-order valence-corrected chi connectivity index (χ1v) is 11.0. The van der Waals surface area contributed by atoms with Gasteiger partial charge in [0.1, 0.15) is 5.69 Å². The molecule has 4 N–H and O–H groups in total. The maximum absolute atomic E-state index is 13.4. The number of halogens is 3. The summed E-state index contributed by atoms with van der Waals surface area (Å²) in [5.74, 6) is -0.325. The van der Waals surface area contributed by atoms with E-state index in [4.69, 9.17) is 5.73 Å². The van der Waals surface area contributed by atoms with E-state index in [0.29, 0.717) is 23.7 Å². The molecule has 1 atom stereocenters. The van der Waals surface area contributed by atoms with Crippen LogP contribution < -0.4 is 11.1 Å². The van der Waals surface area contributed by atoms with E-state index in [0.717, 1.165) is 32.5 Å². The molecule has 1 aromatic carbocycles. The summed E-state index contributed by atoms with van der Waals surface area (Å²) in [5, 5.41) is 13.3. The minimum atomic E-state index is -4.85. The number of aryl methyl sites for hydroxylation is 1. The fraction of sp³-hybridized carbons (Fsp3) is 0.435. The SMILES string of the molecule is Cc1ccc(C(C)(O)C(F)(F)F)cc1-c1cnc2c(N)nc(C(=O)NC34CCN(CC3)C4)cn12. The van der Waals surface area contributed by atoms with Gasteiger partial charge in [-0.15, -0.1) is 0 Å². The smallest absolute Gasteiger partial charge is 0.381 e. The van der Waals surface area contributed by atoms with Gasteiger partial charge in [0.15, 0.2) is 17.1 Å². The van der Waals surface area contributed by atoms with Crippen molar-refractivity contribution >= 4 is 17.4 Å². The molecule has 5 rings (SSSR count). The van der Waals surface area contributed by atoms with Gasteiger partial charge >= 0.3 is 6.18 Å². The molecule has 1 unspecified atom stereocenters. The largest absolute Gasteiger partial charge is 0.421 e. The highest BCUT2D eigenvalue weighted by Gasteiger charge is 2.51. The Morgan fingerprint density at radius 2 is 1.97 bits per heavy atom.